The van der Waals surface area contributed by atoms with Gasteiger partial charge in [0.15, 0.2) is 0 Å². The Kier molecular flexibility index (Phi) is 2.54. The molecule has 20 heavy (non-hydrogen) atoms. The van der Waals surface area contributed by atoms with Crippen molar-refractivity contribution in [3.05, 3.63) is 48.0 Å². The number of allylic oxidation sites excluding steroid dienone is 2. The van der Waals surface area contributed by atoms with Crippen molar-refractivity contribution in [2.24, 2.45) is 23.7 Å². The highest BCUT2D eigenvalue weighted by Gasteiger charge is 2.60. The number of carbonyl (C=O) groups excluding carboxylic acids is 2. The minimum Gasteiger partial charge on any atom is -0.272 e. The average Bonchev–Trinajstić information content (AvgIpc) is 3.13. The molecular weight excluding hydrogens is 254 g/mol. The Labute approximate surface area is 117 Å². The van der Waals surface area contributed by atoms with Crippen LogP contribution in [0.15, 0.2) is 42.5 Å². The van der Waals surface area contributed by atoms with Crippen LogP contribution in [0.25, 0.3) is 0 Å². The third kappa shape index (κ3) is 1.58. The Balaban J connectivity index is 1.51. The number of hydrogen-bond acceptors (Lipinski definition) is 3. The molecule has 4 heteroatoms. The standard InChI is InChI=1S/C16H15NO3/c18-15-13-11-6-7-12(8-11)14(13)16(19)17(15)20-9-10-4-2-1-3-5-10/h1-7,11-14H,8-9H2. The number of hydroxylamine groups is 2. The SMILES string of the molecule is O=C1C2C3C=CC(C3)C2C(=O)N1OCc1ccccc1. The second-order valence-corrected chi connectivity index (χ2v) is 5.73. The van der Waals surface area contributed by atoms with E-state index in [1.807, 2.05) is 30.3 Å². The van der Waals surface area contributed by atoms with Gasteiger partial charge in [-0.3, -0.25) is 14.4 Å². The van der Waals surface area contributed by atoms with Gasteiger partial charge in [-0.05, 0) is 23.8 Å². The maximum absolute atomic E-state index is 12.4. The van der Waals surface area contributed by atoms with Crippen LogP contribution in [0, 0.1) is 23.7 Å². The van der Waals surface area contributed by atoms with Crippen LogP contribution in [0.2, 0.25) is 0 Å². The number of hydrogen-bond donors (Lipinski definition) is 0. The molecule has 4 unspecified atom stereocenters. The summed E-state index contributed by atoms with van der Waals surface area (Å²) in [6, 6.07) is 9.56. The van der Waals surface area contributed by atoms with Crippen molar-refractivity contribution in [1.82, 2.24) is 5.06 Å². The minimum atomic E-state index is -0.187. The molecule has 4 rings (SSSR count). The number of benzene rings is 1. The van der Waals surface area contributed by atoms with Crippen molar-refractivity contribution >= 4 is 11.8 Å². The van der Waals surface area contributed by atoms with E-state index >= 15 is 0 Å². The van der Waals surface area contributed by atoms with E-state index in [1.165, 1.54) is 0 Å². The zero-order chi connectivity index (χ0) is 13.7. The summed E-state index contributed by atoms with van der Waals surface area (Å²) in [5, 5.41) is 1.01. The lowest BCUT2D eigenvalue weighted by Crippen LogP contribution is -2.32. The van der Waals surface area contributed by atoms with Gasteiger partial charge in [0.25, 0.3) is 11.8 Å². The highest BCUT2D eigenvalue weighted by atomic mass is 16.7. The molecule has 1 aliphatic heterocycles. The Morgan fingerprint density at radius 3 is 2.20 bits per heavy atom. The molecule has 4 nitrogen and oxygen atoms in total. The van der Waals surface area contributed by atoms with Gasteiger partial charge in [0, 0.05) is 0 Å². The second-order valence-electron chi connectivity index (χ2n) is 5.73. The molecule has 1 saturated carbocycles. The maximum Gasteiger partial charge on any atom is 0.258 e. The van der Waals surface area contributed by atoms with Crippen molar-refractivity contribution in [2.75, 3.05) is 0 Å². The van der Waals surface area contributed by atoms with Gasteiger partial charge < -0.3 is 0 Å². The van der Waals surface area contributed by atoms with Crippen LogP contribution in [0.4, 0.5) is 0 Å². The number of imide groups is 1. The van der Waals surface area contributed by atoms with E-state index in [1.54, 1.807) is 0 Å². The van der Waals surface area contributed by atoms with Crippen LogP contribution in [0.1, 0.15) is 12.0 Å². The summed E-state index contributed by atoms with van der Waals surface area (Å²) in [5.41, 5.74) is 0.950. The van der Waals surface area contributed by atoms with Crippen LogP contribution in [-0.4, -0.2) is 16.9 Å². The highest BCUT2D eigenvalue weighted by molar-refractivity contribution is 6.05. The molecule has 0 radical (unpaired) electrons. The summed E-state index contributed by atoms with van der Waals surface area (Å²) < 4.78 is 0. The molecule has 2 aliphatic carbocycles. The van der Waals surface area contributed by atoms with Gasteiger partial charge in [-0.25, -0.2) is 0 Å². The lowest BCUT2D eigenvalue weighted by Gasteiger charge is -2.16. The Bertz CT molecular complexity index is 565. The molecule has 0 spiro atoms. The van der Waals surface area contributed by atoms with Gasteiger partial charge in [-0.15, -0.1) is 0 Å². The summed E-state index contributed by atoms with van der Waals surface area (Å²) in [4.78, 5) is 30.2. The van der Waals surface area contributed by atoms with Gasteiger partial charge >= 0.3 is 0 Å². The third-order valence-electron chi connectivity index (χ3n) is 4.63. The van der Waals surface area contributed by atoms with Crippen molar-refractivity contribution in [2.45, 2.75) is 13.0 Å². The smallest absolute Gasteiger partial charge is 0.258 e. The number of amides is 2. The lowest BCUT2D eigenvalue weighted by atomic mass is 9.85. The molecule has 0 N–H and O–H groups in total. The Morgan fingerprint density at radius 1 is 1.00 bits per heavy atom. The molecule has 0 aromatic heterocycles. The first-order valence-corrected chi connectivity index (χ1v) is 6.98. The van der Waals surface area contributed by atoms with E-state index in [0.29, 0.717) is 0 Å². The van der Waals surface area contributed by atoms with Crippen molar-refractivity contribution in [1.29, 1.82) is 0 Å². The van der Waals surface area contributed by atoms with Gasteiger partial charge in [-0.2, -0.15) is 5.06 Å². The minimum absolute atomic E-state index is 0.159. The Morgan fingerprint density at radius 2 is 1.60 bits per heavy atom. The molecule has 4 atom stereocenters. The molecule has 2 amide bonds. The molecule has 102 valence electrons. The molecule has 2 fully saturated rings. The summed E-state index contributed by atoms with van der Waals surface area (Å²) in [6.07, 6.45) is 5.11. The summed E-state index contributed by atoms with van der Waals surface area (Å²) in [6.45, 7) is 0.251. The van der Waals surface area contributed by atoms with E-state index in [-0.39, 0.29) is 42.1 Å². The van der Waals surface area contributed by atoms with Crippen molar-refractivity contribution in [3.8, 4) is 0 Å². The number of rotatable bonds is 3. The number of carbonyl (C=O) groups is 2. The maximum atomic E-state index is 12.4. The molecule has 1 aromatic carbocycles. The topological polar surface area (TPSA) is 46.6 Å². The average molecular weight is 269 g/mol. The second kappa shape index (κ2) is 4.28. The largest absolute Gasteiger partial charge is 0.272 e. The fraction of sp³-hybridized carbons (Fsp3) is 0.375. The normalized spacial score (nSPS) is 34.1. The molecule has 1 saturated heterocycles. The van der Waals surface area contributed by atoms with Crippen molar-refractivity contribution < 1.29 is 14.4 Å². The predicted molar refractivity (Wildman–Crippen MR) is 70.8 cm³/mol. The van der Waals surface area contributed by atoms with Crippen LogP contribution < -0.4 is 0 Å². The first kappa shape index (κ1) is 11.9. The highest BCUT2D eigenvalue weighted by Crippen LogP contribution is 2.52. The zero-order valence-corrected chi connectivity index (χ0v) is 10.9. The summed E-state index contributed by atoms with van der Waals surface area (Å²) in [5.74, 6) is -0.236. The molecular formula is C16H15NO3. The van der Waals surface area contributed by atoms with Gasteiger partial charge in [0.2, 0.25) is 0 Å². The Hall–Kier alpha value is -1.94. The molecule has 2 bridgehead atoms. The fourth-order valence-electron chi connectivity index (χ4n) is 3.72. The fourth-order valence-corrected chi connectivity index (χ4v) is 3.72. The lowest BCUT2D eigenvalue weighted by molar-refractivity contribution is -0.193. The zero-order valence-electron chi connectivity index (χ0n) is 10.9. The number of nitrogens with zero attached hydrogens (tertiary/aromatic N) is 1. The number of fused-ring (bicyclic) bond motifs is 5. The summed E-state index contributed by atoms with van der Waals surface area (Å²) >= 11 is 0. The van der Waals surface area contributed by atoms with Crippen LogP contribution in [0.5, 0.6) is 0 Å². The van der Waals surface area contributed by atoms with E-state index in [9.17, 15) is 9.59 Å². The first-order valence-electron chi connectivity index (χ1n) is 6.98. The van der Waals surface area contributed by atoms with E-state index in [0.717, 1.165) is 17.0 Å². The van der Waals surface area contributed by atoms with Crippen LogP contribution >= 0.6 is 0 Å². The third-order valence-corrected chi connectivity index (χ3v) is 4.63. The van der Waals surface area contributed by atoms with Crippen LogP contribution in [-0.2, 0) is 21.0 Å². The monoisotopic (exact) mass is 269 g/mol. The molecule has 1 heterocycles. The van der Waals surface area contributed by atoms with Gasteiger partial charge in [0.05, 0.1) is 11.8 Å². The van der Waals surface area contributed by atoms with Gasteiger partial charge in [0.1, 0.15) is 6.61 Å². The van der Waals surface area contributed by atoms with Crippen LogP contribution in [0.3, 0.4) is 0 Å². The van der Waals surface area contributed by atoms with E-state index in [2.05, 4.69) is 12.2 Å². The molecule has 1 aromatic rings. The van der Waals surface area contributed by atoms with E-state index < -0.39 is 0 Å². The van der Waals surface area contributed by atoms with E-state index in [4.69, 9.17) is 4.84 Å². The summed E-state index contributed by atoms with van der Waals surface area (Å²) in [7, 11) is 0. The predicted octanol–water partition coefficient (Wildman–Crippen LogP) is 1.93. The molecule has 3 aliphatic rings. The van der Waals surface area contributed by atoms with Crippen molar-refractivity contribution in [3.63, 3.8) is 0 Å². The van der Waals surface area contributed by atoms with Gasteiger partial charge in [-0.1, -0.05) is 42.5 Å². The first-order chi connectivity index (χ1) is 9.75. The quantitative estimate of drug-likeness (QED) is 0.622.